The molecule has 7 nitrogen and oxygen atoms in total. The van der Waals surface area contributed by atoms with Crippen LogP contribution in [0.5, 0.6) is 5.75 Å². The lowest BCUT2D eigenvalue weighted by Gasteiger charge is -2.34. The third-order valence-corrected chi connectivity index (χ3v) is 11.2. The average molecular weight is 568 g/mol. The van der Waals surface area contributed by atoms with E-state index in [1.54, 1.807) is 12.1 Å². The molecule has 1 aliphatic heterocycles. The van der Waals surface area contributed by atoms with Crippen LogP contribution in [0.2, 0.25) is 0 Å². The van der Waals surface area contributed by atoms with E-state index in [2.05, 4.69) is 49.4 Å². The number of hydrogen-bond acceptors (Lipinski definition) is 7. The Labute approximate surface area is 233 Å². The van der Waals surface area contributed by atoms with Crippen molar-refractivity contribution in [1.29, 1.82) is 0 Å². The molecule has 206 valence electrons. The van der Waals surface area contributed by atoms with Crippen molar-refractivity contribution in [1.82, 2.24) is 5.48 Å². The van der Waals surface area contributed by atoms with E-state index in [0.717, 1.165) is 19.3 Å². The van der Waals surface area contributed by atoms with Gasteiger partial charge in [-0.3, -0.25) is 10.0 Å². The number of nitrogens with one attached hydrogen (secondary N) is 1. The number of carbonyl (C=O) groups is 1. The molecule has 2 heterocycles. The highest BCUT2D eigenvalue weighted by Crippen LogP contribution is 2.37. The van der Waals surface area contributed by atoms with Gasteiger partial charge in [0, 0.05) is 22.8 Å². The Morgan fingerprint density at radius 1 is 1.15 bits per heavy atom. The maximum atomic E-state index is 13.4. The lowest BCUT2D eigenvalue weighted by Crippen LogP contribution is -2.54. The van der Waals surface area contributed by atoms with E-state index in [0.29, 0.717) is 18.3 Å². The number of sulfone groups is 1. The van der Waals surface area contributed by atoms with Gasteiger partial charge in [0.15, 0.2) is 14.6 Å². The van der Waals surface area contributed by atoms with Crippen LogP contribution in [0.3, 0.4) is 0 Å². The molecular weight excluding hydrogens is 534 g/mol. The molecule has 1 fully saturated rings. The molecule has 2 aromatic carbocycles. The Hall–Kier alpha value is -2.98. The molecule has 5 rings (SSSR count). The minimum absolute atomic E-state index is 0.0160. The highest BCUT2D eigenvalue weighted by Gasteiger charge is 2.52. The Bertz CT molecular complexity index is 1460. The zero-order valence-electron chi connectivity index (χ0n) is 21.9. The largest absolute Gasteiger partial charge is 0.494 e. The molecule has 3 aromatic rings. The standard InChI is InChI=1S/C30H33NO6S2/c1-21-17-22(19-24(18-21)28-20-23-6-2-3-7-27(23)38-28)5-4-14-37-25-8-10-26(11-9-25)39(34,35)30(29(32)31-33)12-15-36-16-13-30/h2-3,6-11,18-21,33H,4-5,12-17H2,1H3,(H,31,32). The first-order valence-electron chi connectivity index (χ1n) is 13.2. The summed E-state index contributed by atoms with van der Waals surface area (Å²) in [4.78, 5) is 13.7. The molecule has 2 aliphatic rings. The zero-order chi connectivity index (χ0) is 27.5. The van der Waals surface area contributed by atoms with Gasteiger partial charge in [-0.2, -0.15) is 0 Å². The van der Waals surface area contributed by atoms with E-state index >= 15 is 0 Å². The van der Waals surface area contributed by atoms with Gasteiger partial charge in [0.1, 0.15) is 5.75 Å². The van der Waals surface area contributed by atoms with Crippen LogP contribution in [0.25, 0.3) is 15.7 Å². The molecule has 0 saturated carbocycles. The van der Waals surface area contributed by atoms with Gasteiger partial charge in [-0.05, 0) is 85.4 Å². The van der Waals surface area contributed by atoms with Crippen LogP contribution < -0.4 is 10.2 Å². The Morgan fingerprint density at radius 2 is 1.90 bits per heavy atom. The highest BCUT2D eigenvalue weighted by molar-refractivity contribution is 7.93. The minimum atomic E-state index is -4.05. The van der Waals surface area contributed by atoms with Gasteiger partial charge in [0.05, 0.1) is 11.5 Å². The lowest BCUT2D eigenvalue weighted by atomic mass is 9.89. The number of ether oxygens (including phenoxy) is 2. The van der Waals surface area contributed by atoms with Crippen molar-refractivity contribution in [3.05, 3.63) is 77.2 Å². The number of benzene rings is 2. The monoisotopic (exact) mass is 567 g/mol. The van der Waals surface area contributed by atoms with Gasteiger partial charge in [0.25, 0.3) is 5.91 Å². The maximum Gasteiger partial charge on any atom is 0.265 e. The van der Waals surface area contributed by atoms with Gasteiger partial charge in [0.2, 0.25) is 0 Å². The van der Waals surface area contributed by atoms with Gasteiger partial charge in [-0.15, -0.1) is 11.3 Å². The van der Waals surface area contributed by atoms with Crippen LogP contribution >= 0.6 is 11.3 Å². The fraction of sp³-hybridized carbons (Fsp3) is 0.367. The summed E-state index contributed by atoms with van der Waals surface area (Å²) in [5.41, 5.74) is 4.24. The molecule has 1 aromatic heterocycles. The van der Waals surface area contributed by atoms with Crippen molar-refractivity contribution in [2.45, 2.75) is 48.7 Å². The fourth-order valence-electron chi connectivity index (χ4n) is 5.41. The number of hydrogen-bond donors (Lipinski definition) is 2. The predicted molar refractivity (Wildman–Crippen MR) is 153 cm³/mol. The smallest absolute Gasteiger partial charge is 0.265 e. The summed E-state index contributed by atoms with van der Waals surface area (Å²) < 4.78 is 37.5. The van der Waals surface area contributed by atoms with Crippen molar-refractivity contribution >= 4 is 42.7 Å². The summed E-state index contributed by atoms with van der Waals surface area (Å²) in [5.74, 6) is 0.119. The Kier molecular flexibility index (Phi) is 8.23. The van der Waals surface area contributed by atoms with Crippen LogP contribution in [0.15, 0.2) is 77.2 Å². The zero-order valence-corrected chi connectivity index (χ0v) is 23.5. The van der Waals surface area contributed by atoms with E-state index in [9.17, 15) is 18.4 Å². The molecule has 1 amide bonds. The van der Waals surface area contributed by atoms with Gasteiger partial charge in [-0.25, -0.2) is 13.9 Å². The number of fused-ring (bicyclic) bond motifs is 1. The van der Waals surface area contributed by atoms with Crippen LogP contribution in [0.4, 0.5) is 0 Å². The number of carbonyl (C=O) groups excluding carboxylic acids is 1. The molecule has 9 heteroatoms. The molecule has 39 heavy (non-hydrogen) atoms. The number of thiophene rings is 1. The van der Waals surface area contributed by atoms with Crippen LogP contribution in [-0.4, -0.2) is 44.1 Å². The molecule has 0 radical (unpaired) electrons. The summed E-state index contributed by atoms with van der Waals surface area (Å²) in [6, 6.07) is 16.9. The average Bonchev–Trinajstić information content (AvgIpc) is 3.40. The second-order valence-corrected chi connectivity index (χ2v) is 13.6. The van der Waals surface area contributed by atoms with E-state index in [4.69, 9.17) is 9.47 Å². The van der Waals surface area contributed by atoms with Crippen molar-refractivity contribution in [2.75, 3.05) is 19.8 Å². The van der Waals surface area contributed by atoms with Gasteiger partial charge < -0.3 is 9.47 Å². The SMILES string of the molecule is CC1C=C(c2cc3ccccc3s2)C=C(CCCOc2ccc(S(=O)(=O)C3(C(=O)NO)CCOCC3)cc2)C1. The van der Waals surface area contributed by atoms with E-state index in [-0.39, 0.29) is 31.0 Å². The quantitative estimate of drug-likeness (QED) is 0.189. The Balaban J connectivity index is 1.19. The summed E-state index contributed by atoms with van der Waals surface area (Å²) in [6.07, 6.45) is 7.45. The summed E-state index contributed by atoms with van der Waals surface area (Å²) >= 11 is 1.83. The summed E-state index contributed by atoms with van der Waals surface area (Å²) in [7, 11) is -4.05. The highest BCUT2D eigenvalue weighted by atomic mass is 32.2. The topological polar surface area (TPSA) is 102 Å². The molecule has 1 aliphatic carbocycles. The molecule has 1 unspecified atom stereocenters. The van der Waals surface area contributed by atoms with E-state index < -0.39 is 20.5 Å². The van der Waals surface area contributed by atoms with Gasteiger partial charge >= 0.3 is 0 Å². The minimum Gasteiger partial charge on any atom is -0.494 e. The normalized spacial score (nSPS) is 19.3. The molecular formula is C30H33NO6S2. The van der Waals surface area contributed by atoms with Crippen LogP contribution in [0.1, 0.15) is 43.9 Å². The van der Waals surface area contributed by atoms with Crippen molar-refractivity contribution in [3.63, 3.8) is 0 Å². The third kappa shape index (κ3) is 5.68. The number of allylic oxidation sites excluding steroid dienone is 4. The number of hydroxylamine groups is 1. The van der Waals surface area contributed by atoms with Crippen LogP contribution in [0, 0.1) is 5.92 Å². The number of amides is 1. The predicted octanol–water partition coefficient (Wildman–Crippen LogP) is 5.94. The first-order chi connectivity index (χ1) is 18.8. The second kappa shape index (κ2) is 11.6. The Morgan fingerprint density at radius 3 is 2.62 bits per heavy atom. The molecule has 0 spiro atoms. The van der Waals surface area contributed by atoms with Crippen molar-refractivity contribution < 1.29 is 27.9 Å². The van der Waals surface area contributed by atoms with Crippen molar-refractivity contribution in [3.8, 4) is 5.75 Å². The second-order valence-electron chi connectivity index (χ2n) is 10.2. The fourth-order valence-corrected chi connectivity index (χ4v) is 8.41. The molecule has 0 bridgehead atoms. The van der Waals surface area contributed by atoms with Crippen LogP contribution in [-0.2, 0) is 19.4 Å². The molecule has 2 N–H and O–H groups in total. The van der Waals surface area contributed by atoms with Crippen molar-refractivity contribution in [2.24, 2.45) is 5.92 Å². The maximum absolute atomic E-state index is 13.4. The molecule has 1 atom stereocenters. The third-order valence-electron chi connectivity index (χ3n) is 7.49. The first kappa shape index (κ1) is 27.6. The summed E-state index contributed by atoms with van der Waals surface area (Å²) in [6.45, 7) is 3.02. The lowest BCUT2D eigenvalue weighted by molar-refractivity contribution is -0.134. The molecule has 1 saturated heterocycles. The van der Waals surface area contributed by atoms with E-state index in [1.807, 2.05) is 11.3 Å². The number of rotatable bonds is 9. The first-order valence-corrected chi connectivity index (χ1v) is 15.5. The summed E-state index contributed by atoms with van der Waals surface area (Å²) in [5, 5.41) is 10.5. The van der Waals surface area contributed by atoms with Gasteiger partial charge in [-0.1, -0.05) is 42.8 Å². The van der Waals surface area contributed by atoms with E-state index in [1.165, 1.54) is 43.7 Å².